The van der Waals surface area contributed by atoms with Gasteiger partial charge in [-0.1, -0.05) is 56.3 Å². The van der Waals surface area contributed by atoms with Crippen LogP contribution in [0.1, 0.15) is 45.0 Å². The third-order valence-electron chi connectivity index (χ3n) is 3.88. The molecule has 0 aliphatic heterocycles. The molecule has 23 heavy (non-hydrogen) atoms. The predicted molar refractivity (Wildman–Crippen MR) is 91.3 cm³/mol. The van der Waals surface area contributed by atoms with Gasteiger partial charge in [0, 0.05) is 17.5 Å². The fourth-order valence-electron chi connectivity index (χ4n) is 2.21. The van der Waals surface area contributed by atoms with E-state index in [1.54, 1.807) is 6.07 Å². The number of carbonyl (C=O) groups is 1. The van der Waals surface area contributed by atoms with Crippen LogP contribution in [0, 0.1) is 0 Å². The summed E-state index contributed by atoms with van der Waals surface area (Å²) in [6.07, 6.45) is 0. The van der Waals surface area contributed by atoms with Crippen molar-refractivity contribution in [3.8, 4) is 0 Å². The number of hydrogen-bond donors (Lipinski definition) is 1. The molecule has 1 amide bonds. The summed E-state index contributed by atoms with van der Waals surface area (Å²) >= 11 is 0. The average Bonchev–Trinajstić information content (AvgIpc) is 2.95. The van der Waals surface area contributed by atoms with Gasteiger partial charge in [-0.05, 0) is 19.5 Å². The van der Waals surface area contributed by atoms with Crippen molar-refractivity contribution in [3.63, 3.8) is 0 Å². The van der Waals surface area contributed by atoms with E-state index in [4.69, 9.17) is 4.52 Å². The van der Waals surface area contributed by atoms with Crippen LogP contribution in [0.15, 0.2) is 40.9 Å². The lowest BCUT2D eigenvalue weighted by Gasteiger charge is -2.24. The van der Waals surface area contributed by atoms with Gasteiger partial charge in [-0.25, -0.2) is 0 Å². The summed E-state index contributed by atoms with van der Waals surface area (Å²) in [4.78, 5) is 14.2. The molecule has 0 saturated carbocycles. The number of nitrogens with one attached hydrogen (secondary N) is 1. The number of anilines is 1. The summed E-state index contributed by atoms with van der Waals surface area (Å²) in [6, 6.07) is 12.0. The summed E-state index contributed by atoms with van der Waals surface area (Å²) in [5, 5.41) is 6.76. The minimum Gasteiger partial charge on any atom is -0.338 e. The molecule has 5 heteroatoms. The molecule has 0 aliphatic rings. The molecule has 0 spiro atoms. The molecule has 0 fully saturated rings. The molecule has 1 atom stereocenters. The maximum Gasteiger partial charge on any atom is 0.240 e. The number of hydrogen-bond acceptors (Lipinski definition) is 4. The first-order valence-corrected chi connectivity index (χ1v) is 7.79. The second-order valence-electron chi connectivity index (χ2n) is 6.88. The molecule has 2 rings (SSSR count). The van der Waals surface area contributed by atoms with Crippen molar-refractivity contribution in [1.82, 2.24) is 10.1 Å². The molecule has 0 saturated heterocycles. The van der Waals surface area contributed by atoms with E-state index in [2.05, 4.69) is 29.5 Å². The standard InChI is InChI=1S/C18H25N3O2/c1-13(14-9-7-6-8-10-14)21(5)12-16(22)19-17-11-15(20-23-17)18(2,3)4/h6-11,13H,12H2,1-5H3,(H,19,22). The lowest BCUT2D eigenvalue weighted by Crippen LogP contribution is -2.32. The zero-order valence-corrected chi connectivity index (χ0v) is 14.5. The molecular formula is C18H25N3O2. The molecular weight excluding hydrogens is 290 g/mol. The first-order chi connectivity index (χ1) is 10.8. The fourth-order valence-corrected chi connectivity index (χ4v) is 2.21. The van der Waals surface area contributed by atoms with E-state index in [0.29, 0.717) is 5.88 Å². The molecule has 0 radical (unpaired) electrons. The van der Waals surface area contributed by atoms with Crippen LogP contribution < -0.4 is 5.32 Å². The molecule has 1 heterocycles. The Bertz CT molecular complexity index is 644. The molecule has 0 aliphatic carbocycles. The highest BCUT2D eigenvalue weighted by atomic mass is 16.5. The quantitative estimate of drug-likeness (QED) is 0.916. The van der Waals surface area contributed by atoms with Crippen LogP contribution >= 0.6 is 0 Å². The van der Waals surface area contributed by atoms with Crippen LogP contribution in [0.3, 0.4) is 0 Å². The third kappa shape index (κ3) is 4.66. The van der Waals surface area contributed by atoms with Crippen LogP contribution in [0.2, 0.25) is 0 Å². The first-order valence-electron chi connectivity index (χ1n) is 7.79. The van der Waals surface area contributed by atoms with Crippen LogP contribution in [0.5, 0.6) is 0 Å². The summed E-state index contributed by atoms with van der Waals surface area (Å²) < 4.78 is 5.19. The number of carbonyl (C=O) groups excluding carboxylic acids is 1. The van der Waals surface area contributed by atoms with Gasteiger partial charge in [-0.3, -0.25) is 15.0 Å². The third-order valence-corrected chi connectivity index (χ3v) is 3.88. The molecule has 2 aromatic rings. The molecule has 5 nitrogen and oxygen atoms in total. The summed E-state index contributed by atoms with van der Waals surface area (Å²) in [6.45, 7) is 8.50. The van der Waals surface area contributed by atoms with Crippen molar-refractivity contribution in [2.75, 3.05) is 18.9 Å². The number of aromatic nitrogens is 1. The normalized spacial score (nSPS) is 13.1. The minimum absolute atomic E-state index is 0.106. The Morgan fingerprint density at radius 1 is 1.30 bits per heavy atom. The number of likely N-dealkylation sites (N-methyl/N-ethyl adjacent to an activating group) is 1. The van der Waals surface area contributed by atoms with Gasteiger partial charge in [-0.2, -0.15) is 0 Å². The van der Waals surface area contributed by atoms with Gasteiger partial charge in [0.25, 0.3) is 0 Å². The topological polar surface area (TPSA) is 58.4 Å². The first kappa shape index (κ1) is 17.2. The highest BCUT2D eigenvalue weighted by molar-refractivity contribution is 5.91. The van der Waals surface area contributed by atoms with Crippen molar-refractivity contribution >= 4 is 11.8 Å². The van der Waals surface area contributed by atoms with Gasteiger partial charge in [0.15, 0.2) is 0 Å². The maximum absolute atomic E-state index is 12.2. The number of nitrogens with zero attached hydrogens (tertiary/aromatic N) is 2. The van der Waals surface area contributed by atoms with E-state index in [1.807, 2.05) is 50.9 Å². The van der Waals surface area contributed by atoms with Crippen molar-refractivity contribution in [2.24, 2.45) is 0 Å². The Kier molecular flexibility index (Phi) is 5.21. The van der Waals surface area contributed by atoms with Crippen LogP contribution in [0.4, 0.5) is 5.88 Å². The minimum atomic E-state index is -0.119. The Balaban J connectivity index is 1.93. The average molecular weight is 315 g/mol. The fraction of sp³-hybridized carbons (Fsp3) is 0.444. The summed E-state index contributed by atoms with van der Waals surface area (Å²) in [5.74, 6) is 0.271. The van der Waals surface area contributed by atoms with Crippen molar-refractivity contribution in [3.05, 3.63) is 47.7 Å². The van der Waals surface area contributed by atoms with E-state index >= 15 is 0 Å². The Labute approximate surface area is 137 Å². The van der Waals surface area contributed by atoms with Gasteiger partial charge in [0.2, 0.25) is 11.8 Å². The second-order valence-corrected chi connectivity index (χ2v) is 6.88. The number of rotatable bonds is 5. The summed E-state index contributed by atoms with van der Waals surface area (Å²) in [7, 11) is 1.93. The van der Waals surface area contributed by atoms with E-state index < -0.39 is 0 Å². The zero-order chi connectivity index (χ0) is 17.0. The molecule has 1 unspecified atom stereocenters. The smallest absolute Gasteiger partial charge is 0.240 e. The molecule has 1 aromatic carbocycles. The van der Waals surface area contributed by atoms with Crippen molar-refractivity contribution in [1.29, 1.82) is 0 Å². The van der Waals surface area contributed by atoms with Gasteiger partial charge in [0.1, 0.15) is 0 Å². The molecule has 0 bridgehead atoms. The van der Waals surface area contributed by atoms with Gasteiger partial charge >= 0.3 is 0 Å². The maximum atomic E-state index is 12.2. The van der Waals surface area contributed by atoms with Gasteiger partial charge in [0.05, 0.1) is 12.2 Å². The van der Waals surface area contributed by atoms with E-state index in [9.17, 15) is 4.79 Å². The Morgan fingerprint density at radius 3 is 2.52 bits per heavy atom. The number of amides is 1. The SMILES string of the molecule is CC(c1ccccc1)N(C)CC(=O)Nc1cc(C(C)(C)C)no1. The van der Waals surface area contributed by atoms with E-state index in [1.165, 1.54) is 5.56 Å². The monoisotopic (exact) mass is 315 g/mol. The van der Waals surface area contributed by atoms with Gasteiger partial charge < -0.3 is 4.52 Å². The number of benzene rings is 1. The Hall–Kier alpha value is -2.14. The molecule has 124 valence electrons. The van der Waals surface area contributed by atoms with Crippen LogP contribution in [-0.2, 0) is 10.2 Å². The highest BCUT2D eigenvalue weighted by Crippen LogP contribution is 2.23. The van der Waals surface area contributed by atoms with Gasteiger partial charge in [-0.15, -0.1) is 0 Å². The second kappa shape index (κ2) is 6.96. The summed E-state index contributed by atoms with van der Waals surface area (Å²) in [5.41, 5.74) is 1.89. The van der Waals surface area contributed by atoms with Crippen molar-refractivity contribution in [2.45, 2.75) is 39.2 Å². The van der Waals surface area contributed by atoms with Crippen molar-refractivity contribution < 1.29 is 9.32 Å². The zero-order valence-electron chi connectivity index (χ0n) is 14.5. The van der Waals surface area contributed by atoms with Crippen LogP contribution in [-0.4, -0.2) is 29.6 Å². The Morgan fingerprint density at radius 2 is 1.96 bits per heavy atom. The lowest BCUT2D eigenvalue weighted by atomic mass is 9.92. The predicted octanol–water partition coefficient (Wildman–Crippen LogP) is 3.60. The van der Waals surface area contributed by atoms with E-state index in [0.717, 1.165) is 5.69 Å². The lowest BCUT2D eigenvalue weighted by molar-refractivity contribution is -0.117. The molecule has 1 aromatic heterocycles. The van der Waals surface area contributed by atoms with Crippen LogP contribution in [0.25, 0.3) is 0 Å². The van der Waals surface area contributed by atoms with E-state index in [-0.39, 0.29) is 23.9 Å². The largest absolute Gasteiger partial charge is 0.338 e. The molecule has 1 N–H and O–H groups in total. The highest BCUT2D eigenvalue weighted by Gasteiger charge is 2.20.